The van der Waals surface area contributed by atoms with Gasteiger partial charge in [0.1, 0.15) is 12.7 Å². The van der Waals surface area contributed by atoms with Crippen molar-refractivity contribution in [2.45, 2.75) is 42.8 Å². The third kappa shape index (κ3) is 6.39. The molecule has 0 saturated heterocycles. The Morgan fingerprint density at radius 1 is 0.676 bits per heavy atom. The number of fused-ring (bicyclic) bond motifs is 6. The van der Waals surface area contributed by atoms with Gasteiger partial charge in [0.25, 0.3) is 0 Å². The Kier molecular flexibility index (Phi) is 10.6. The van der Waals surface area contributed by atoms with E-state index in [1.54, 1.807) is 12.7 Å². The van der Waals surface area contributed by atoms with Crippen LogP contribution in [0.3, 0.4) is 0 Å². The van der Waals surface area contributed by atoms with Crippen LogP contribution in [0, 0.1) is 0 Å². The number of halogens is 6. The Balaban J connectivity index is 0.000000171. The predicted molar refractivity (Wildman–Crippen MR) is 166 cm³/mol. The van der Waals surface area contributed by atoms with Crippen LogP contribution in [0.1, 0.15) is 50.2 Å². The van der Waals surface area contributed by atoms with Crippen LogP contribution >= 0.6 is 79.0 Å². The smallest absolute Gasteiger partial charge is 0.180 e. The van der Waals surface area contributed by atoms with Gasteiger partial charge in [-0.15, -0.1) is 0 Å². The molecule has 0 radical (unpaired) electrons. The predicted octanol–water partition coefficient (Wildman–Crippen LogP) is 10.0. The maximum absolute atomic E-state index is 4.81. The molecule has 0 fully saturated rings. The van der Waals surface area contributed by atoms with Crippen LogP contribution in [0.2, 0.25) is 0 Å². The molecule has 0 N–H and O–H groups in total. The van der Waals surface area contributed by atoms with Gasteiger partial charge in [-0.25, -0.2) is 19.9 Å². The van der Waals surface area contributed by atoms with E-state index in [1.807, 2.05) is 12.4 Å². The first-order chi connectivity index (χ1) is 17.5. The third-order valence-electron chi connectivity index (χ3n) is 6.44. The van der Waals surface area contributed by atoms with E-state index in [2.05, 4.69) is 134 Å². The van der Waals surface area contributed by atoms with Crippen LogP contribution < -0.4 is 0 Å². The van der Waals surface area contributed by atoms with Gasteiger partial charge in [0.2, 0.25) is 0 Å². The van der Waals surface area contributed by atoms with E-state index in [0.717, 1.165) is 21.4 Å². The zero-order valence-corrected chi connectivity index (χ0v) is 27.5. The highest BCUT2D eigenvalue weighted by atomic mass is 80.9. The Hall–Kier alpha value is -1.09. The summed E-state index contributed by atoms with van der Waals surface area (Å²) in [5, 5.41) is 0. The molecule has 6 rings (SSSR count). The van der Waals surface area contributed by atoms with Gasteiger partial charge in [0.05, 0.1) is 11.4 Å². The van der Waals surface area contributed by atoms with Crippen LogP contribution in [0.4, 0.5) is 0 Å². The van der Waals surface area contributed by atoms with Gasteiger partial charge in [-0.2, -0.15) is 0 Å². The van der Waals surface area contributed by atoms with E-state index in [-0.39, 0.29) is 10.8 Å². The van der Waals surface area contributed by atoms with Crippen LogP contribution in [0.25, 0.3) is 22.3 Å². The number of nitrogens with zero attached hydrogens (tertiary/aromatic N) is 4. The van der Waals surface area contributed by atoms with Gasteiger partial charge in [0.15, 0.2) is 4.30 Å². The summed E-state index contributed by atoms with van der Waals surface area (Å²) in [5.41, 5.74) is 9.77. The summed E-state index contributed by atoms with van der Waals surface area (Å²) in [5.74, 6) is 0. The molecule has 0 bridgehead atoms. The van der Waals surface area contributed by atoms with Crippen molar-refractivity contribution in [3.63, 3.8) is 0 Å². The molecule has 2 aliphatic carbocycles. The maximum atomic E-state index is 4.81. The Labute approximate surface area is 256 Å². The highest BCUT2D eigenvalue weighted by Gasteiger charge is 2.37. The minimum atomic E-state index is -0.750. The average molecular weight is 751 g/mol. The molecular weight excluding hydrogens is 726 g/mol. The molecule has 2 heterocycles. The number of hydrogen-bond donors (Lipinski definition) is 0. The van der Waals surface area contributed by atoms with Gasteiger partial charge in [-0.05, 0) is 34.4 Å². The van der Waals surface area contributed by atoms with Crippen molar-refractivity contribution >= 4 is 79.0 Å². The molecule has 4 nitrogen and oxygen atoms in total. The van der Waals surface area contributed by atoms with E-state index in [4.69, 9.17) is 34.8 Å². The zero-order chi connectivity index (χ0) is 27.4. The molecule has 0 amide bonds. The van der Waals surface area contributed by atoms with Crippen LogP contribution in [0.5, 0.6) is 0 Å². The maximum Gasteiger partial charge on any atom is 0.180 e. The number of rotatable bonds is 0. The summed E-state index contributed by atoms with van der Waals surface area (Å²) in [6.07, 6.45) is 7.08. The van der Waals surface area contributed by atoms with E-state index >= 15 is 0 Å². The molecule has 0 aliphatic heterocycles. The van der Waals surface area contributed by atoms with Crippen LogP contribution in [0.15, 0.2) is 72.0 Å². The van der Waals surface area contributed by atoms with E-state index < -0.39 is 4.30 Å². The average Bonchev–Trinajstić information content (AvgIpc) is 3.26. The fraction of sp³-hybridized carbons (Fsp3) is 0.259. The molecular formula is C27H24Br3Cl3N4. The quantitative estimate of drug-likeness (QED) is 0.168. The van der Waals surface area contributed by atoms with E-state index in [0.29, 0.717) is 0 Å². The van der Waals surface area contributed by atoms with E-state index in [9.17, 15) is 0 Å². The second-order valence-electron chi connectivity index (χ2n) is 9.30. The molecule has 37 heavy (non-hydrogen) atoms. The molecule has 10 heteroatoms. The normalized spacial score (nSPS) is 14.4. The van der Waals surface area contributed by atoms with Crippen molar-refractivity contribution in [1.29, 1.82) is 0 Å². The van der Waals surface area contributed by atoms with Crippen molar-refractivity contribution in [2.75, 3.05) is 0 Å². The zero-order valence-electron chi connectivity index (χ0n) is 20.5. The number of benzene rings is 2. The summed E-state index contributed by atoms with van der Waals surface area (Å²) in [6, 6.07) is 14.9. The number of alkyl halides is 3. The van der Waals surface area contributed by atoms with Gasteiger partial charge in [0, 0.05) is 67.1 Å². The summed E-state index contributed by atoms with van der Waals surface area (Å²) in [7, 11) is 0. The first-order valence-corrected chi connectivity index (χ1v) is 16.9. The second-order valence-corrected chi connectivity index (χ2v) is 12.2. The van der Waals surface area contributed by atoms with Crippen molar-refractivity contribution in [2.24, 2.45) is 0 Å². The van der Waals surface area contributed by atoms with Gasteiger partial charge < -0.3 is 0 Å². The number of aromatic nitrogens is 4. The first kappa shape index (κ1) is 30.5. The molecule has 4 aromatic rings. The molecule has 194 valence electrons. The standard InChI is InChI=1S/C13H11BrN2.C13H12N2.CHCl3.Br2/c1-13(2)11-5-8(14)3-4-9(11)10-6-15-7-16-12(10)13;1-13(2)11-6-4-3-5-9(11)10-7-14-8-15-12(10)13;2-1(3)4;1-2/h3-7H,1-2H3;3-8H,1-2H3;1H;. The molecule has 0 atom stereocenters. The fourth-order valence-corrected chi connectivity index (χ4v) is 5.20. The topological polar surface area (TPSA) is 51.6 Å². The van der Waals surface area contributed by atoms with Gasteiger partial charge in [-0.1, -0.05) is 109 Å². The van der Waals surface area contributed by atoms with Crippen LogP contribution in [-0.4, -0.2) is 24.2 Å². The first-order valence-electron chi connectivity index (χ1n) is 11.1. The second kappa shape index (κ2) is 12.8. The Morgan fingerprint density at radius 2 is 1.14 bits per heavy atom. The van der Waals surface area contributed by atoms with Crippen molar-refractivity contribution < 1.29 is 0 Å². The van der Waals surface area contributed by atoms with Gasteiger partial charge in [-0.3, -0.25) is 0 Å². The lowest BCUT2D eigenvalue weighted by atomic mass is 9.85. The Bertz CT molecular complexity index is 1330. The lowest BCUT2D eigenvalue weighted by molar-refractivity contribution is 0.634. The molecule has 2 aliphatic rings. The lowest BCUT2D eigenvalue weighted by Crippen LogP contribution is -2.16. The van der Waals surface area contributed by atoms with E-state index in [1.165, 1.54) is 27.8 Å². The van der Waals surface area contributed by atoms with Gasteiger partial charge >= 0.3 is 0 Å². The highest BCUT2D eigenvalue weighted by Crippen LogP contribution is 2.48. The number of hydrogen-bond acceptors (Lipinski definition) is 4. The monoisotopic (exact) mass is 746 g/mol. The summed E-state index contributed by atoms with van der Waals surface area (Å²) < 4.78 is 0.361. The minimum absolute atomic E-state index is 0.00880. The molecule has 0 spiro atoms. The Morgan fingerprint density at radius 3 is 1.68 bits per heavy atom. The summed E-state index contributed by atoms with van der Waals surface area (Å²) in [6.45, 7) is 8.84. The summed E-state index contributed by atoms with van der Waals surface area (Å²) in [4.78, 5) is 17.1. The molecule has 0 saturated carbocycles. The molecule has 0 unspecified atom stereocenters. The molecule has 2 aromatic heterocycles. The molecule has 2 aromatic carbocycles. The van der Waals surface area contributed by atoms with Crippen LogP contribution in [-0.2, 0) is 10.8 Å². The largest absolute Gasteiger partial charge is 0.244 e. The lowest BCUT2D eigenvalue weighted by Gasteiger charge is -2.19. The fourth-order valence-electron chi connectivity index (χ4n) is 4.84. The summed E-state index contributed by atoms with van der Waals surface area (Å²) >= 11 is 23.4. The third-order valence-corrected chi connectivity index (χ3v) is 6.94. The van der Waals surface area contributed by atoms with Crippen molar-refractivity contribution in [1.82, 2.24) is 19.9 Å². The highest BCUT2D eigenvalue weighted by molar-refractivity contribution is 9.93. The van der Waals surface area contributed by atoms with Crippen molar-refractivity contribution in [3.05, 3.63) is 94.5 Å². The minimum Gasteiger partial charge on any atom is -0.244 e. The van der Waals surface area contributed by atoms with Crippen molar-refractivity contribution in [3.8, 4) is 22.3 Å². The SMILES string of the molecule is BrBr.CC1(C)c2cc(Br)ccc2-c2cncnc21.CC1(C)c2ccccc2-c2cncnc21.ClC(Cl)Cl.